The predicted octanol–water partition coefficient (Wildman–Crippen LogP) is 4.79. The molecule has 6 heteroatoms. The molecule has 3 aromatic rings. The van der Waals surface area contributed by atoms with E-state index in [1.165, 1.54) is 0 Å². The minimum atomic E-state index is -0.494. The largest absolute Gasteiger partial charge is 0.457 e. The number of rotatable bonds is 5. The van der Waals surface area contributed by atoms with E-state index in [9.17, 15) is 9.59 Å². The van der Waals surface area contributed by atoms with E-state index >= 15 is 0 Å². The first kappa shape index (κ1) is 18.5. The van der Waals surface area contributed by atoms with Crippen LogP contribution in [-0.4, -0.2) is 11.8 Å². The van der Waals surface area contributed by atoms with E-state index in [1.807, 2.05) is 13.0 Å². The quantitative estimate of drug-likeness (QED) is 0.667. The van der Waals surface area contributed by atoms with Crippen molar-refractivity contribution in [1.82, 2.24) is 0 Å². The van der Waals surface area contributed by atoms with Crippen LogP contribution in [-0.2, 0) is 0 Å². The molecule has 0 aliphatic rings. The highest BCUT2D eigenvalue weighted by atomic mass is 35.5. The maximum Gasteiger partial charge on any atom is 0.255 e. The van der Waals surface area contributed by atoms with Crippen molar-refractivity contribution in [1.29, 1.82) is 0 Å². The summed E-state index contributed by atoms with van der Waals surface area (Å²) >= 11 is 6.07. The van der Waals surface area contributed by atoms with Gasteiger partial charge < -0.3 is 15.8 Å². The third-order valence-electron chi connectivity index (χ3n) is 3.92. The number of anilines is 1. The Morgan fingerprint density at radius 1 is 0.889 bits per heavy atom. The average molecular weight is 381 g/mol. The van der Waals surface area contributed by atoms with Crippen molar-refractivity contribution in [3.63, 3.8) is 0 Å². The second kappa shape index (κ2) is 7.93. The number of carbonyl (C=O) groups is 2. The topological polar surface area (TPSA) is 81.4 Å². The summed E-state index contributed by atoms with van der Waals surface area (Å²) in [5.74, 6) is 0.391. The first-order valence-corrected chi connectivity index (χ1v) is 8.55. The normalized spacial score (nSPS) is 10.3. The highest BCUT2D eigenvalue weighted by Crippen LogP contribution is 2.23. The maximum absolute atomic E-state index is 12.3. The number of halogens is 1. The third-order valence-corrected chi connectivity index (χ3v) is 4.33. The van der Waals surface area contributed by atoms with Crippen molar-refractivity contribution >= 4 is 29.1 Å². The molecule has 2 amide bonds. The van der Waals surface area contributed by atoms with Gasteiger partial charge in [-0.15, -0.1) is 0 Å². The van der Waals surface area contributed by atoms with Crippen molar-refractivity contribution in [3.8, 4) is 11.5 Å². The molecule has 0 unspecified atom stereocenters. The van der Waals surface area contributed by atoms with Crippen molar-refractivity contribution in [2.75, 3.05) is 5.32 Å². The summed E-state index contributed by atoms with van der Waals surface area (Å²) in [5.41, 5.74) is 7.68. The lowest BCUT2D eigenvalue weighted by Gasteiger charge is -2.09. The lowest BCUT2D eigenvalue weighted by atomic mass is 10.2. The van der Waals surface area contributed by atoms with E-state index in [2.05, 4.69) is 5.32 Å². The Hall–Kier alpha value is -3.31. The smallest absolute Gasteiger partial charge is 0.255 e. The van der Waals surface area contributed by atoms with Gasteiger partial charge in [0.25, 0.3) is 5.91 Å². The molecule has 3 N–H and O–H groups in total. The number of hydrogen-bond acceptors (Lipinski definition) is 3. The Balaban J connectivity index is 1.66. The second-order valence-electron chi connectivity index (χ2n) is 5.93. The molecule has 0 aromatic heterocycles. The van der Waals surface area contributed by atoms with E-state index in [0.717, 1.165) is 5.56 Å². The fraction of sp³-hybridized carbons (Fsp3) is 0.0476. The third kappa shape index (κ3) is 4.65. The number of carbonyl (C=O) groups excluding carboxylic acids is 2. The monoisotopic (exact) mass is 380 g/mol. The number of primary amides is 1. The molecule has 3 aromatic carbocycles. The van der Waals surface area contributed by atoms with E-state index in [1.54, 1.807) is 60.7 Å². The minimum absolute atomic E-state index is 0.243. The minimum Gasteiger partial charge on any atom is -0.457 e. The van der Waals surface area contributed by atoms with Gasteiger partial charge in [-0.3, -0.25) is 9.59 Å². The fourth-order valence-corrected chi connectivity index (χ4v) is 2.55. The number of nitrogens with two attached hydrogens (primary N) is 1. The van der Waals surface area contributed by atoms with Crippen LogP contribution < -0.4 is 15.8 Å². The van der Waals surface area contributed by atoms with Gasteiger partial charge in [0.1, 0.15) is 11.5 Å². The van der Waals surface area contributed by atoms with E-state index < -0.39 is 5.91 Å². The zero-order valence-electron chi connectivity index (χ0n) is 14.5. The Morgan fingerprint density at radius 3 is 1.96 bits per heavy atom. The Labute approximate surface area is 161 Å². The molecule has 3 rings (SSSR count). The van der Waals surface area contributed by atoms with Gasteiger partial charge in [0.15, 0.2) is 0 Å². The summed E-state index contributed by atoms with van der Waals surface area (Å²) in [6.45, 7) is 1.90. The van der Waals surface area contributed by atoms with Crippen LogP contribution in [0.3, 0.4) is 0 Å². The summed E-state index contributed by atoms with van der Waals surface area (Å²) in [6.07, 6.45) is 0. The van der Waals surface area contributed by atoms with Crippen molar-refractivity contribution in [2.45, 2.75) is 6.92 Å². The van der Waals surface area contributed by atoms with Crippen LogP contribution >= 0.6 is 11.6 Å². The molecule has 0 radical (unpaired) electrons. The van der Waals surface area contributed by atoms with Gasteiger partial charge in [-0.1, -0.05) is 17.7 Å². The molecule has 0 aliphatic heterocycles. The molecule has 0 spiro atoms. The zero-order chi connectivity index (χ0) is 19.4. The Morgan fingerprint density at radius 2 is 1.44 bits per heavy atom. The molecule has 0 heterocycles. The number of amides is 2. The van der Waals surface area contributed by atoms with Crippen molar-refractivity contribution < 1.29 is 14.3 Å². The Kier molecular flexibility index (Phi) is 5.43. The zero-order valence-corrected chi connectivity index (χ0v) is 15.3. The highest BCUT2D eigenvalue weighted by Gasteiger charge is 2.08. The summed E-state index contributed by atoms with van der Waals surface area (Å²) in [7, 11) is 0. The summed E-state index contributed by atoms with van der Waals surface area (Å²) in [4.78, 5) is 23.4. The number of aryl methyl sites for hydroxylation is 1. The molecular weight excluding hydrogens is 364 g/mol. The van der Waals surface area contributed by atoms with Crippen LogP contribution in [0.5, 0.6) is 11.5 Å². The van der Waals surface area contributed by atoms with E-state index in [4.69, 9.17) is 22.1 Å². The number of hydrogen-bond donors (Lipinski definition) is 2. The fourth-order valence-electron chi connectivity index (χ4n) is 2.37. The summed E-state index contributed by atoms with van der Waals surface area (Å²) < 4.78 is 5.69. The van der Waals surface area contributed by atoms with Gasteiger partial charge in [-0.05, 0) is 73.2 Å². The van der Waals surface area contributed by atoms with Crippen molar-refractivity contribution in [3.05, 3.63) is 88.4 Å². The molecular formula is C21H17ClN2O3. The van der Waals surface area contributed by atoms with Crippen LogP contribution in [0.1, 0.15) is 26.3 Å². The van der Waals surface area contributed by atoms with Gasteiger partial charge in [-0.25, -0.2) is 0 Å². The molecule has 0 aliphatic carbocycles. The summed E-state index contributed by atoms with van der Waals surface area (Å²) in [5, 5.41) is 3.40. The van der Waals surface area contributed by atoms with Gasteiger partial charge in [0.05, 0.1) is 0 Å². The number of benzene rings is 3. The lowest BCUT2D eigenvalue weighted by molar-refractivity contribution is 0.0997. The highest BCUT2D eigenvalue weighted by molar-refractivity contribution is 6.31. The van der Waals surface area contributed by atoms with Crippen LogP contribution in [0.15, 0.2) is 66.7 Å². The first-order valence-electron chi connectivity index (χ1n) is 8.17. The van der Waals surface area contributed by atoms with E-state index in [0.29, 0.717) is 33.3 Å². The molecule has 5 nitrogen and oxygen atoms in total. The first-order chi connectivity index (χ1) is 12.9. The van der Waals surface area contributed by atoms with Crippen LogP contribution in [0.25, 0.3) is 0 Å². The van der Waals surface area contributed by atoms with Gasteiger partial charge in [0, 0.05) is 21.8 Å². The van der Waals surface area contributed by atoms with Crippen LogP contribution in [0.4, 0.5) is 5.69 Å². The standard InChI is InChI=1S/C21H17ClN2O3/c1-13-2-7-16(12-19(13)22)24-21(26)15-5-10-18(11-6-15)27-17-8-3-14(4-9-17)20(23)25/h2-12H,1H3,(H2,23,25)(H,24,26). The molecule has 27 heavy (non-hydrogen) atoms. The predicted molar refractivity (Wildman–Crippen MR) is 106 cm³/mol. The van der Waals surface area contributed by atoms with Gasteiger partial charge in [0.2, 0.25) is 5.91 Å². The average Bonchev–Trinajstić information content (AvgIpc) is 2.66. The molecule has 0 saturated carbocycles. The maximum atomic E-state index is 12.3. The SMILES string of the molecule is Cc1ccc(NC(=O)c2ccc(Oc3ccc(C(N)=O)cc3)cc2)cc1Cl. The van der Waals surface area contributed by atoms with Crippen LogP contribution in [0, 0.1) is 6.92 Å². The molecule has 0 bridgehead atoms. The second-order valence-corrected chi connectivity index (χ2v) is 6.34. The Bertz CT molecular complexity index is 983. The molecule has 0 saturated heterocycles. The van der Waals surface area contributed by atoms with Crippen molar-refractivity contribution in [2.24, 2.45) is 5.73 Å². The van der Waals surface area contributed by atoms with Crippen LogP contribution in [0.2, 0.25) is 5.02 Å². The van der Waals surface area contributed by atoms with Gasteiger partial charge in [-0.2, -0.15) is 0 Å². The lowest BCUT2D eigenvalue weighted by Crippen LogP contribution is -2.11. The number of nitrogens with one attached hydrogen (secondary N) is 1. The molecule has 0 atom stereocenters. The van der Waals surface area contributed by atoms with Gasteiger partial charge >= 0.3 is 0 Å². The number of ether oxygens (including phenoxy) is 1. The molecule has 0 fully saturated rings. The summed E-state index contributed by atoms with van der Waals surface area (Å²) in [6, 6.07) is 18.6. The van der Waals surface area contributed by atoms with E-state index in [-0.39, 0.29) is 5.91 Å². The molecule has 136 valence electrons.